The van der Waals surface area contributed by atoms with E-state index in [9.17, 15) is 0 Å². The molecule has 132 valence electrons. The van der Waals surface area contributed by atoms with Crippen molar-refractivity contribution in [3.63, 3.8) is 0 Å². The van der Waals surface area contributed by atoms with E-state index < -0.39 is 0 Å². The van der Waals surface area contributed by atoms with Crippen LogP contribution < -0.4 is 16.0 Å². The maximum absolute atomic E-state index is 6.38. The van der Waals surface area contributed by atoms with Crippen LogP contribution in [0.2, 0.25) is 0 Å². The Balaban J connectivity index is 2.30. The molecule has 0 atom stereocenters. The van der Waals surface area contributed by atoms with Gasteiger partial charge in [-0.25, -0.2) is 15.0 Å². The quantitative estimate of drug-likeness (QED) is 0.787. The molecule has 0 saturated carbocycles. The van der Waals surface area contributed by atoms with Crippen molar-refractivity contribution in [3.05, 3.63) is 16.9 Å². The standard InChI is InChI=1S/C17H28N6S/c1-10(2)7-23(8-11(3)4)16-14(18)15(19-9-20-16)22-17-21-12(5)13(6)24-17/h9-11H,7-8,18H2,1-6H3,(H,19,20,21,22). The lowest BCUT2D eigenvalue weighted by Crippen LogP contribution is -2.32. The van der Waals surface area contributed by atoms with E-state index in [4.69, 9.17) is 5.73 Å². The molecule has 0 aliphatic carbocycles. The zero-order chi connectivity index (χ0) is 17.9. The van der Waals surface area contributed by atoms with Crippen molar-refractivity contribution in [1.82, 2.24) is 15.0 Å². The van der Waals surface area contributed by atoms with Gasteiger partial charge in [0.05, 0.1) is 5.69 Å². The summed E-state index contributed by atoms with van der Waals surface area (Å²) in [6.07, 6.45) is 1.56. The molecule has 7 heteroatoms. The van der Waals surface area contributed by atoms with Crippen LogP contribution >= 0.6 is 11.3 Å². The molecule has 0 aliphatic rings. The van der Waals surface area contributed by atoms with Crippen molar-refractivity contribution in [3.8, 4) is 0 Å². The summed E-state index contributed by atoms with van der Waals surface area (Å²) in [6, 6.07) is 0. The van der Waals surface area contributed by atoms with Crippen molar-refractivity contribution < 1.29 is 0 Å². The van der Waals surface area contributed by atoms with Crippen molar-refractivity contribution in [2.45, 2.75) is 41.5 Å². The number of thiazole rings is 1. The van der Waals surface area contributed by atoms with Crippen LogP contribution in [0.1, 0.15) is 38.3 Å². The zero-order valence-corrected chi connectivity index (χ0v) is 16.2. The number of nitrogens with one attached hydrogen (secondary N) is 1. The lowest BCUT2D eigenvalue weighted by Gasteiger charge is -2.28. The fraction of sp³-hybridized carbons (Fsp3) is 0.588. The number of hydrogen-bond donors (Lipinski definition) is 2. The first-order valence-electron chi connectivity index (χ1n) is 8.34. The second kappa shape index (κ2) is 7.79. The number of aromatic nitrogens is 3. The molecule has 0 aliphatic heterocycles. The predicted molar refractivity (Wildman–Crippen MR) is 103 cm³/mol. The molecule has 0 spiro atoms. The Morgan fingerprint density at radius 3 is 2.25 bits per heavy atom. The third kappa shape index (κ3) is 4.56. The molecule has 0 amide bonds. The topological polar surface area (TPSA) is 80.0 Å². The fourth-order valence-electron chi connectivity index (χ4n) is 2.49. The van der Waals surface area contributed by atoms with Crippen LogP contribution in [0.25, 0.3) is 0 Å². The van der Waals surface area contributed by atoms with Crippen LogP contribution in [-0.4, -0.2) is 28.0 Å². The molecule has 2 rings (SSSR count). The van der Waals surface area contributed by atoms with Gasteiger partial charge in [-0.05, 0) is 25.7 Å². The second-order valence-corrected chi connectivity index (χ2v) is 8.14. The van der Waals surface area contributed by atoms with E-state index in [1.807, 2.05) is 6.92 Å². The average Bonchev–Trinajstić information content (AvgIpc) is 2.78. The molecule has 6 nitrogen and oxygen atoms in total. The van der Waals surface area contributed by atoms with Gasteiger partial charge < -0.3 is 16.0 Å². The number of rotatable bonds is 7. The molecule has 0 unspecified atom stereocenters. The van der Waals surface area contributed by atoms with Gasteiger partial charge in [-0.2, -0.15) is 0 Å². The molecule has 2 aromatic rings. The highest BCUT2D eigenvalue weighted by atomic mass is 32.1. The Morgan fingerprint density at radius 1 is 1.12 bits per heavy atom. The van der Waals surface area contributed by atoms with Gasteiger partial charge in [-0.1, -0.05) is 27.7 Å². The molecular weight excluding hydrogens is 320 g/mol. The summed E-state index contributed by atoms with van der Waals surface area (Å²) in [5, 5.41) is 4.05. The number of nitrogens with zero attached hydrogens (tertiary/aromatic N) is 4. The SMILES string of the molecule is Cc1nc(Nc2ncnc(N(CC(C)C)CC(C)C)c2N)sc1C. The second-order valence-electron chi connectivity index (χ2n) is 6.94. The predicted octanol–water partition coefficient (Wildman–Crippen LogP) is 3.99. The normalized spacial score (nSPS) is 11.3. The van der Waals surface area contributed by atoms with E-state index in [0.717, 1.165) is 29.7 Å². The Bertz CT molecular complexity index is 650. The lowest BCUT2D eigenvalue weighted by atomic mass is 10.1. The van der Waals surface area contributed by atoms with Crippen molar-refractivity contribution >= 4 is 33.8 Å². The highest BCUT2D eigenvalue weighted by Crippen LogP contribution is 2.31. The summed E-state index contributed by atoms with van der Waals surface area (Å²) in [4.78, 5) is 16.7. The van der Waals surface area contributed by atoms with E-state index in [2.05, 4.69) is 59.8 Å². The zero-order valence-electron chi connectivity index (χ0n) is 15.4. The Kier molecular flexibility index (Phi) is 5.99. The molecule has 0 radical (unpaired) electrons. The van der Waals surface area contributed by atoms with Gasteiger partial charge in [0.15, 0.2) is 16.8 Å². The number of nitrogens with two attached hydrogens (primary N) is 1. The molecule has 24 heavy (non-hydrogen) atoms. The third-order valence-electron chi connectivity index (χ3n) is 3.59. The van der Waals surface area contributed by atoms with Crippen LogP contribution in [0.15, 0.2) is 6.33 Å². The van der Waals surface area contributed by atoms with Gasteiger partial charge in [0, 0.05) is 18.0 Å². The molecule has 0 aromatic carbocycles. The smallest absolute Gasteiger partial charge is 0.188 e. The van der Waals surface area contributed by atoms with Crippen molar-refractivity contribution in [2.24, 2.45) is 11.8 Å². The molecule has 0 bridgehead atoms. The number of hydrogen-bond acceptors (Lipinski definition) is 7. The first kappa shape index (κ1) is 18.4. The number of nitrogen functional groups attached to an aromatic ring is 1. The van der Waals surface area contributed by atoms with Gasteiger partial charge in [0.25, 0.3) is 0 Å². The Labute approximate surface area is 148 Å². The van der Waals surface area contributed by atoms with E-state index in [1.165, 1.54) is 4.88 Å². The monoisotopic (exact) mass is 348 g/mol. The van der Waals surface area contributed by atoms with Crippen LogP contribution in [0, 0.1) is 25.7 Å². The van der Waals surface area contributed by atoms with Crippen LogP contribution in [0.5, 0.6) is 0 Å². The lowest BCUT2D eigenvalue weighted by molar-refractivity contribution is 0.549. The minimum atomic E-state index is 0.527. The van der Waals surface area contributed by atoms with Crippen LogP contribution in [-0.2, 0) is 0 Å². The summed E-state index contributed by atoms with van der Waals surface area (Å²) in [5.41, 5.74) is 7.97. The first-order valence-corrected chi connectivity index (χ1v) is 9.16. The summed E-state index contributed by atoms with van der Waals surface area (Å²) in [6.45, 7) is 14.7. The molecular formula is C17H28N6S. The Morgan fingerprint density at radius 2 is 1.75 bits per heavy atom. The summed E-state index contributed by atoms with van der Waals surface area (Å²) >= 11 is 1.60. The highest BCUT2D eigenvalue weighted by molar-refractivity contribution is 7.15. The minimum Gasteiger partial charge on any atom is -0.393 e. The number of anilines is 4. The van der Waals surface area contributed by atoms with Crippen molar-refractivity contribution in [1.29, 1.82) is 0 Å². The third-order valence-corrected chi connectivity index (χ3v) is 4.58. The van der Waals surface area contributed by atoms with Crippen LogP contribution in [0.4, 0.5) is 22.5 Å². The largest absolute Gasteiger partial charge is 0.393 e. The summed E-state index contributed by atoms with van der Waals surface area (Å²) in [5.74, 6) is 2.46. The van der Waals surface area contributed by atoms with Crippen molar-refractivity contribution in [2.75, 3.05) is 29.0 Å². The maximum Gasteiger partial charge on any atom is 0.188 e. The first-order chi connectivity index (χ1) is 11.3. The van der Waals surface area contributed by atoms with E-state index in [-0.39, 0.29) is 0 Å². The van der Waals surface area contributed by atoms with E-state index in [0.29, 0.717) is 23.3 Å². The van der Waals surface area contributed by atoms with Gasteiger partial charge in [0.2, 0.25) is 0 Å². The summed E-state index contributed by atoms with van der Waals surface area (Å²) < 4.78 is 0. The molecule has 2 heterocycles. The molecule has 2 aromatic heterocycles. The molecule has 3 N–H and O–H groups in total. The minimum absolute atomic E-state index is 0.527. The van der Waals surface area contributed by atoms with Gasteiger partial charge in [0.1, 0.15) is 12.0 Å². The average molecular weight is 349 g/mol. The fourth-order valence-corrected chi connectivity index (χ4v) is 3.31. The summed E-state index contributed by atoms with van der Waals surface area (Å²) in [7, 11) is 0. The molecule has 0 fully saturated rings. The van der Waals surface area contributed by atoms with Gasteiger partial charge >= 0.3 is 0 Å². The van der Waals surface area contributed by atoms with E-state index in [1.54, 1.807) is 17.7 Å². The molecule has 0 saturated heterocycles. The maximum atomic E-state index is 6.38. The highest BCUT2D eigenvalue weighted by Gasteiger charge is 2.18. The Hall–Kier alpha value is -1.89. The van der Waals surface area contributed by atoms with E-state index >= 15 is 0 Å². The number of aryl methyl sites for hydroxylation is 2. The van der Waals surface area contributed by atoms with Crippen LogP contribution in [0.3, 0.4) is 0 Å². The van der Waals surface area contributed by atoms with Gasteiger partial charge in [-0.3, -0.25) is 0 Å². The van der Waals surface area contributed by atoms with Gasteiger partial charge in [-0.15, -0.1) is 11.3 Å².